The lowest BCUT2D eigenvalue weighted by Crippen LogP contribution is -2.34. The summed E-state index contributed by atoms with van der Waals surface area (Å²) in [7, 11) is 0. The molecule has 0 saturated heterocycles. The lowest BCUT2D eigenvalue weighted by molar-refractivity contribution is -0.571. The van der Waals surface area contributed by atoms with Gasteiger partial charge in [0, 0.05) is 45.0 Å². The number of imidazole rings is 1. The first kappa shape index (κ1) is 28.0. The van der Waals surface area contributed by atoms with Gasteiger partial charge in [-0.1, -0.05) is 196 Å². The molecular formula is C70H66N4O. The quantitative estimate of drug-likeness (QED) is 0.112. The van der Waals surface area contributed by atoms with E-state index in [1.54, 1.807) is 74.0 Å². The number of fused-ring (bicyclic) bond motifs is 5. The molecule has 5 heteroatoms. The van der Waals surface area contributed by atoms with E-state index in [9.17, 15) is 12.3 Å². The maximum absolute atomic E-state index is 10.5. The van der Waals surface area contributed by atoms with Crippen molar-refractivity contribution >= 4 is 32.8 Å². The van der Waals surface area contributed by atoms with Crippen LogP contribution in [-0.4, -0.2) is 14.1 Å². The Balaban J connectivity index is 1.21. The van der Waals surface area contributed by atoms with Crippen LogP contribution in [0.15, 0.2) is 194 Å². The van der Waals surface area contributed by atoms with Crippen LogP contribution < -0.4 is 9.30 Å². The first-order valence-corrected chi connectivity index (χ1v) is 24.5. The Morgan fingerprint density at radius 1 is 0.587 bits per heavy atom. The van der Waals surface area contributed by atoms with Crippen LogP contribution in [-0.2, 0) is 21.7 Å². The third-order valence-corrected chi connectivity index (χ3v) is 13.8. The summed E-state index contributed by atoms with van der Waals surface area (Å²) in [6, 6.07) is 33.6. The van der Waals surface area contributed by atoms with Crippen LogP contribution in [0.25, 0.3) is 83.4 Å². The number of nitrogens with zero attached hydrogens (tertiary/aromatic N) is 4. The number of rotatable bonds is 8. The van der Waals surface area contributed by atoms with Crippen LogP contribution in [0.5, 0.6) is 11.5 Å². The summed E-state index contributed by atoms with van der Waals surface area (Å²) < 4.78 is 235. The zero-order valence-corrected chi connectivity index (χ0v) is 42.1. The lowest BCUT2D eigenvalue weighted by atomic mass is 9.63. The number of hydrogen-bond donors (Lipinski definition) is 0. The molecule has 3 heterocycles. The molecule has 0 aliphatic heterocycles. The van der Waals surface area contributed by atoms with Crippen molar-refractivity contribution in [3.8, 4) is 62.1 Å². The predicted molar refractivity (Wildman–Crippen MR) is 311 cm³/mol. The molecule has 0 saturated carbocycles. The van der Waals surface area contributed by atoms with Crippen molar-refractivity contribution in [3.05, 3.63) is 223 Å². The molecule has 5 nitrogen and oxygen atoms in total. The molecule has 1 aliphatic rings. The van der Waals surface area contributed by atoms with Crippen molar-refractivity contribution in [1.82, 2.24) is 14.1 Å². The highest BCUT2D eigenvalue weighted by molar-refractivity contribution is 6.09. The Morgan fingerprint density at radius 3 is 2.05 bits per heavy atom. The van der Waals surface area contributed by atoms with E-state index in [0.29, 0.717) is 34.1 Å². The standard InChI is InChI=1S/C70H66N4O/c1-67(2,3)50-34-37-71-65(42-50)74-61-27-18-17-26-55(61)56-31-30-54(44-63(56)74)75-53-25-19-24-52(43-53)72-45-73(62-33-29-48(39-64(62)72)46-20-13-11-14-21-46)66-57(47-22-15-12-16-23-47)40-51(68(4,5)6)41-58(66)49-28-32-59-60(38-49)70(9,10)36-35-69(59,7)8/h11-34,37-44H,35-36H2,1-10H3/i7D3,8D3,9D3,10D3,12D,15D,16D,22D,23D,28D,32D,35D2,36D2,38D. The van der Waals surface area contributed by atoms with Crippen LogP contribution in [0.1, 0.15) is 137 Å². The summed E-state index contributed by atoms with van der Waals surface area (Å²) in [6.07, 6.45) is -4.07. The molecule has 372 valence electrons. The van der Waals surface area contributed by atoms with E-state index in [0.717, 1.165) is 32.9 Å². The smallest absolute Gasteiger partial charge is 0.269 e. The number of aromatic nitrogens is 4. The minimum absolute atomic E-state index is 0.191. The van der Waals surface area contributed by atoms with Crippen LogP contribution in [0.2, 0.25) is 0 Å². The summed E-state index contributed by atoms with van der Waals surface area (Å²) in [5.74, 6) is 1.44. The monoisotopic (exact) mass is 1000 g/mol. The van der Waals surface area contributed by atoms with Crippen molar-refractivity contribution in [1.29, 1.82) is 0 Å². The van der Waals surface area contributed by atoms with Crippen molar-refractivity contribution in [3.63, 3.8) is 0 Å². The lowest BCUT2D eigenvalue weighted by Gasteiger charge is -2.42. The molecule has 0 radical (unpaired) electrons. The topological polar surface area (TPSA) is 35.9 Å². The fraction of sp³-hybridized carbons (Fsp3) is 0.229. The summed E-state index contributed by atoms with van der Waals surface area (Å²) in [4.78, 5) is 4.83. The van der Waals surface area contributed by atoms with E-state index in [4.69, 9.17) is 30.3 Å². The van der Waals surface area contributed by atoms with E-state index < -0.39 is 133 Å². The molecule has 0 amide bonds. The van der Waals surface area contributed by atoms with Gasteiger partial charge in [-0.15, -0.1) is 0 Å². The van der Waals surface area contributed by atoms with Crippen LogP contribution in [0.3, 0.4) is 0 Å². The molecule has 0 N–H and O–H groups in total. The zero-order chi connectivity index (χ0) is 72.6. The largest absolute Gasteiger partial charge is 0.458 e. The molecule has 0 spiro atoms. The van der Waals surface area contributed by atoms with Gasteiger partial charge in [0.2, 0.25) is 0 Å². The van der Waals surface area contributed by atoms with Gasteiger partial charge in [-0.3, -0.25) is 13.7 Å². The molecule has 0 fully saturated rings. The number of pyridine rings is 1. The highest BCUT2D eigenvalue weighted by atomic mass is 16.5. The SMILES string of the molecule is [2H]c1c([2H])c([2H])c(-c2cc(C(C)(C)C)cc(-c3c([2H])c([2H])c4c(c3[2H])C(C([2H])([2H])[2H])(C([2H])([2H])[2H])C([2H])([2H])C([2H])([2H])C4(C([2H])([2H])[2H])C([2H])([2H])[2H])c2-[n+]2[c-]n(-c3cccc(Oc4ccc5c6ccccc6n(-c6cc(C(C)(C)C)ccn6)c5c4)c3)c3cc(-c4ccccc4)ccc32)c([2H])c1[2H]. The van der Waals surface area contributed by atoms with E-state index in [2.05, 4.69) is 37.7 Å². The van der Waals surface area contributed by atoms with Crippen LogP contribution >= 0.6 is 0 Å². The molecule has 0 atom stereocenters. The molecule has 3 aromatic heterocycles. The molecule has 0 unspecified atom stereocenters. The van der Waals surface area contributed by atoms with Gasteiger partial charge >= 0.3 is 0 Å². The number of para-hydroxylation sites is 1. The van der Waals surface area contributed by atoms with E-state index in [-0.39, 0.29) is 27.7 Å². The van der Waals surface area contributed by atoms with Gasteiger partial charge in [-0.2, -0.15) is 0 Å². The zero-order valence-electron chi connectivity index (χ0n) is 66.1. The first-order chi connectivity index (χ1) is 45.8. The fourth-order valence-electron chi connectivity index (χ4n) is 9.86. The third kappa shape index (κ3) is 8.62. The average Bonchev–Trinajstić information content (AvgIpc) is 1.50. The normalized spacial score (nSPS) is 21.0. The molecule has 1 aliphatic carbocycles. The van der Waals surface area contributed by atoms with Gasteiger partial charge in [0.05, 0.1) is 44.4 Å². The Morgan fingerprint density at radius 2 is 1.29 bits per heavy atom. The maximum Gasteiger partial charge on any atom is 0.269 e. The summed E-state index contributed by atoms with van der Waals surface area (Å²) in [5, 5.41) is 1.91. The molecule has 0 bridgehead atoms. The second kappa shape index (κ2) is 17.8. The van der Waals surface area contributed by atoms with Gasteiger partial charge in [-0.05, 0) is 145 Å². The number of ether oxygens (including phenoxy) is 1. The number of benzene rings is 8. The predicted octanol–water partition coefficient (Wildman–Crippen LogP) is 17.9. The molecule has 11 aromatic rings. The molecule has 12 rings (SSSR count). The summed E-state index contributed by atoms with van der Waals surface area (Å²) in [5.41, 5.74) is -10.7. The van der Waals surface area contributed by atoms with Crippen LogP contribution in [0, 0.1) is 6.33 Å². The Bertz CT molecular complexity index is 5080. The Kier molecular flexibility index (Phi) is 6.67. The summed E-state index contributed by atoms with van der Waals surface area (Å²) in [6.45, 7) is -5.90. The van der Waals surface area contributed by atoms with Gasteiger partial charge < -0.3 is 4.74 Å². The van der Waals surface area contributed by atoms with Gasteiger partial charge in [0.25, 0.3) is 6.33 Å². The number of hydrogen-bond acceptors (Lipinski definition) is 2. The minimum atomic E-state index is -4.64. The van der Waals surface area contributed by atoms with Crippen molar-refractivity contribution in [2.75, 3.05) is 0 Å². The van der Waals surface area contributed by atoms with Crippen LogP contribution in [0.4, 0.5) is 0 Å². The van der Waals surface area contributed by atoms with E-state index in [1.165, 1.54) is 16.7 Å². The van der Waals surface area contributed by atoms with Crippen molar-refractivity contribution in [2.24, 2.45) is 0 Å². The second-order valence-electron chi connectivity index (χ2n) is 21.0. The molecular weight excluding hydrogens is 913 g/mol. The third-order valence-electron chi connectivity index (χ3n) is 13.8. The maximum atomic E-state index is 10.5. The van der Waals surface area contributed by atoms with E-state index >= 15 is 0 Å². The van der Waals surface area contributed by atoms with E-state index in [1.807, 2.05) is 78.9 Å². The second-order valence-corrected chi connectivity index (χ2v) is 21.0. The average molecular weight is 1000 g/mol. The summed E-state index contributed by atoms with van der Waals surface area (Å²) >= 11 is 0. The highest BCUT2D eigenvalue weighted by Gasteiger charge is 2.37. The van der Waals surface area contributed by atoms with Gasteiger partial charge in [0.1, 0.15) is 17.3 Å². The molecule has 75 heavy (non-hydrogen) atoms. The Hall–Kier alpha value is -8.02. The van der Waals surface area contributed by atoms with Gasteiger partial charge in [-0.25, -0.2) is 4.98 Å². The first-order valence-electron chi connectivity index (χ1n) is 36.5. The fourth-order valence-corrected chi connectivity index (χ4v) is 9.86. The molecule has 8 aromatic carbocycles. The Labute approximate surface area is 476 Å². The minimum Gasteiger partial charge on any atom is -0.458 e. The van der Waals surface area contributed by atoms with Crippen molar-refractivity contribution < 1.29 is 42.2 Å². The van der Waals surface area contributed by atoms with Gasteiger partial charge in [0.15, 0.2) is 0 Å². The highest BCUT2D eigenvalue weighted by Crippen LogP contribution is 2.48. The van der Waals surface area contributed by atoms with Crippen molar-refractivity contribution in [2.45, 2.75) is 103 Å².